The van der Waals surface area contributed by atoms with Crippen LogP contribution in [0.1, 0.15) is 20.3 Å². The van der Waals surface area contributed by atoms with Gasteiger partial charge >= 0.3 is 5.97 Å². The maximum Gasteiger partial charge on any atom is 0.353 e. The SMILES string of the molecule is C[C@@H](O)[C@H]1C(=O)N2C(C(=O)O)=C(S[C@@H]3CN[C@H](CSCC(N)=O)C3)[C@H](C)[C@H]12. The fourth-order valence-electron chi connectivity index (χ4n) is 4.16. The Labute approximate surface area is 166 Å². The zero-order valence-corrected chi connectivity index (χ0v) is 16.9. The van der Waals surface area contributed by atoms with E-state index in [0.29, 0.717) is 5.75 Å². The predicted octanol–water partition coefficient (Wildman–Crippen LogP) is -0.178. The van der Waals surface area contributed by atoms with Crippen LogP contribution in [0.15, 0.2) is 10.6 Å². The van der Waals surface area contributed by atoms with Crippen molar-refractivity contribution in [2.75, 3.05) is 18.1 Å². The first kappa shape index (κ1) is 20.5. The van der Waals surface area contributed by atoms with E-state index in [0.717, 1.165) is 23.6 Å². The molecule has 6 atom stereocenters. The van der Waals surface area contributed by atoms with Crippen LogP contribution in [0.25, 0.3) is 0 Å². The molecule has 8 nitrogen and oxygen atoms in total. The van der Waals surface area contributed by atoms with Gasteiger partial charge in [-0.1, -0.05) is 6.92 Å². The summed E-state index contributed by atoms with van der Waals surface area (Å²) < 4.78 is 0. The summed E-state index contributed by atoms with van der Waals surface area (Å²) in [4.78, 5) is 37.1. The molecule has 0 saturated carbocycles. The summed E-state index contributed by atoms with van der Waals surface area (Å²) in [6.07, 6.45) is 0.0678. The van der Waals surface area contributed by atoms with Crippen molar-refractivity contribution in [1.82, 2.24) is 10.2 Å². The highest BCUT2D eigenvalue weighted by atomic mass is 32.2. The number of carboxylic acid groups (broad SMARTS) is 1. The highest BCUT2D eigenvalue weighted by Gasteiger charge is 2.60. The molecule has 0 aromatic carbocycles. The number of hydrogen-bond acceptors (Lipinski definition) is 7. The van der Waals surface area contributed by atoms with Gasteiger partial charge in [0.05, 0.1) is 23.8 Å². The number of aliphatic hydroxyl groups is 1. The molecule has 3 aliphatic heterocycles. The molecule has 3 rings (SSSR count). The van der Waals surface area contributed by atoms with Crippen LogP contribution in [0.4, 0.5) is 0 Å². The molecule has 150 valence electrons. The van der Waals surface area contributed by atoms with Crippen molar-refractivity contribution in [1.29, 1.82) is 0 Å². The van der Waals surface area contributed by atoms with Gasteiger partial charge in [0.15, 0.2) is 0 Å². The maximum absolute atomic E-state index is 12.4. The van der Waals surface area contributed by atoms with Crippen molar-refractivity contribution < 1.29 is 24.6 Å². The number of rotatable bonds is 8. The Morgan fingerprint density at radius 2 is 2.15 bits per heavy atom. The molecule has 3 heterocycles. The second-order valence-electron chi connectivity index (χ2n) is 7.33. The summed E-state index contributed by atoms with van der Waals surface area (Å²) in [5, 5.41) is 23.2. The van der Waals surface area contributed by atoms with Gasteiger partial charge in [-0.2, -0.15) is 11.8 Å². The van der Waals surface area contributed by atoms with Crippen LogP contribution in [-0.4, -0.2) is 74.4 Å². The van der Waals surface area contributed by atoms with Gasteiger partial charge in [-0.3, -0.25) is 9.59 Å². The van der Waals surface area contributed by atoms with Crippen molar-refractivity contribution >= 4 is 41.3 Å². The van der Waals surface area contributed by atoms with E-state index in [1.54, 1.807) is 6.92 Å². The van der Waals surface area contributed by atoms with Crippen molar-refractivity contribution in [3.8, 4) is 0 Å². The van der Waals surface area contributed by atoms with E-state index < -0.39 is 18.0 Å². The third-order valence-corrected chi connectivity index (χ3v) is 7.99. The molecule has 0 radical (unpaired) electrons. The first-order chi connectivity index (χ1) is 12.7. The van der Waals surface area contributed by atoms with Crippen LogP contribution in [0.5, 0.6) is 0 Å². The number of nitrogens with two attached hydrogens (primary N) is 1. The summed E-state index contributed by atoms with van der Waals surface area (Å²) in [6.45, 7) is 4.25. The van der Waals surface area contributed by atoms with E-state index in [-0.39, 0.29) is 40.8 Å². The Hall–Kier alpha value is -1.23. The molecule has 3 aliphatic rings. The van der Waals surface area contributed by atoms with Gasteiger partial charge in [-0.25, -0.2) is 4.79 Å². The van der Waals surface area contributed by atoms with Gasteiger partial charge in [0.1, 0.15) is 5.70 Å². The summed E-state index contributed by atoms with van der Waals surface area (Å²) in [5.41, 5.74) is 5.23. The lowest BCUT2D eigenvalue weighted by Gasteiger charge is -2.46. The van der Waals surface area contributed by atoms with Crippen LogP contribution >= 0.6 is 23.5 Å². The lowest BCUT2D eigenvalue weighted by molar-refractivity contribution is -0.163. The number of amides is 2. The quantitative estimate of drug-likeness (QED) is 0.401. The van der Waals surface area contributed by atoms with E-state index >= 15 is 0 Å². The number of carbonyl (C=O) groups excluding carboxylic acids is 2. The number of aliphatic carboxylic acids is 1. The normalized spacial score (nSPS) is 33.8. The Kier molecular flexibility index (Phi) is 6.09. The number of fused-ring (bicyclic) bond motifs is 1. The minimum absolute atomic E-state index is 0.0750. The number of carbonyl (C=O) groups is 3. The van der Waals surface area contributed by atoms with Crippen molar-refractivity contribution in [3.05, 3.63) is 10.6 Å². The molecule has 0 bridgehead atoms. The molecule has 0 aliphatic carbocycles. The fraction of sp³-hybridized carbons (Fsp3) is 0.706. The molecule has 0 aromatic rings. The zero-order chi connectivity index (χ0) is 19.9. The number of primary amides is 1. The largest absolute Gasteiger partial charge is 0.477 e. The van der Waals surface area contributed by atoms with Crippen molar-refractivity contribution in [2.24, 2.45) is 17.6 Å². The summed E-state index contributed by atoms with van der Waals surface area (Å²) in [6, 6.07) is -0.0244. The number of nitrogens with one attached hydrogen (secondary N) is 1. The summed E-state index contributed by atoms with van der Waals surface area (Å²) in [7, 11) is 0. The lowest BCUT2D eigenvalue weighted by atomic mass is 9.79. The standard InChI is InChI=1S/C17H25N3O5S2/c1-7-13-12(8(2)21)16(23)20(13)14(17(24)25)15(7)27-10-3-9(19-4-10)5-26-6-11(18)22/h7-10,12-13,19,21H,3-6H2,1-2H3,(H2,18,22)(H,24,25)/t7-,8-,9+,10+,12-,13-/m1/s1. The molecule has 0 spiro atoms. The van der Waals surface area contributed by atoms with E-state index in [4.69, 9.17) is 5.73 Å². The monoisotopic (exact) mass is 415 g/mol. The fourth-order valence-corrected chi connectivity index (χ4v) is 6.53. The van der Waals surface area contributed by atoms with Crippen LogP contribution in [0.2, 0.25) is 0 Å². The third-order valence-electron chi connectivity index (χ3n) is 5.35. The molecule has 2 amide bonds. The third kappa shape index (κ3) is 3.85. The van der Waals surface area contributed by atoms with E-state index in [9.17, 15) is 24.6 Å². The number of aliphatic hydroxyl groups excluding tert-OH is 1. The van der Waals surface area contributed by atoms with E-state index in [1.807, 2.05) is 6.92 Å². The van der Waals surface area contributed by atoms with Gasteiger partial charge < -0.3 is 26.2 Å². The summed E-state index contributed by atoms with van der Waals surface area (Å²) in [5.74, 6) is -1.31. The van der Waals surface area contributed by atoms with E-state index in [2.05, 4.69) is 5.32 Å². The van der Waals surface area contributed by atoms with Gasteiger partial charge in [0.2, 0.25) is 11.8 Å². The highest BCUT2D eigenvalue weighted by Crippen LogP contribution is 2.51. The Bertz CT molecular complexity index is 683. The molecule has 2 saturated heterocycles. The van der Waals surface area contributed by atoms with Crippen molar-refractivity contribution in [2.45, 2.75) is 43.7 Å². The predicted molar refractivity (Wildman–Crippen MR) is 104 cm³/mol. The minimum atomic E-state index is -1.09. The number of β-lactam (4-membered cyclic amide) rings is 1. The number of carboxylic acids is 1. The second-order valence-corrected chi connectivity index (χ2v) is 9.71. The molecule has 10 heteroatoms. The van der Waals surface area contributed by atoms with Gasteiger partial charge in [-0.05, 0) is 13.3 Å². The summed E-state index contributed by atoms with van der Waals surface area (Å²) >= 11 is 3.02. The molecule has 5 N–H and O–H groups in total. The molecule has 0 unspecified atom stereocenters. The second kappa shape index (κ2) is 8.02. The number of hydrogen-bond donors (Lipinski definition) is 4. The molecular weight excluding hydrogens is 390 g/mol. The molecule has 0 aromatic heterocycles. The smallest absolute Gasteiger partial charge is 0.353 e. The topological polar surface area (TPSA) is 133 Å². The first-order valence-corrected chi connectivity index (χ1v) is 11.0. The molecule has 27 heavy (non-hydrogen) atoms. The van der Waals surface area contributed by atoms with Crippen LogP contribution < -0.4 is 11.1 Å². The van der Waals surface area contributed by atoms with Crippen LogP contribution in [0, 0.1) is 11.8 Å². The average molecular weight is 416 g/mol. The van der Waals surface area contributed by atoms with Crippen molar-refractivity contribution in [3.63, 3.8) is 0 Å². The van der Waals surface area contributed by atoms with Gasteiger partial charge in [0.25, 0.3) is 0 Å². The van der Waals surface area contributed by atoms with Gasteiger partial charge in [0, 0.05) is 34.4 Å². The number of nitrogens with zero attached hydrogens (tertiary/aromatic N) is 1. The first-order valence-electron chi connectivity index (χ1n) is 8.97. The zero-order valence-electron chi connectivity index (χ0n) is 15.3. The van der Waals surface area contributed by atoms with Gasteiger partial charge in [-0.15, -0.1) is 11.8 Å². The average Bonchev–Trinajstić information content (AvgIpc) is 3.09. The Balaban J connectivity index is 1.66. The number of thioether (sulfide) groups is 2. The maximum atomic E-state index is 12.4. The Morgan fingerprint density at radius 3 is 2.74 bits per heavy atom. The van der Waals surface area contributed by atoms with Crippen LogP contribution in [0.3, 0.4) is 0 Å². The van der Waals surface area contributed by atoms with Crippen LogP contribution in [-0.2, 0) is 14.4 Å². The Morgan fingerprint density at radius 1 is 1.44 bits per heavy atom. The molecule has 2 fully saturated rings. The molecular formula is C17H25N3O5S2. The lowest BCUT2D eigenvalue weighted by Crippen LogP contribution is -2.63. The van der Waals surface area contributed by atoms with E-state index in [1.165, 1.54) is 28.4 Å². The minimum Gasteiger partial charge on any atom is -0.477 e. The highest BCUT2D eigenvalue weighted by molar-refractivity contribution is 8.03.